The second kappa shape index (κ2) is 8.26. The Morgan fingerprint density at radius 2 is 1.91 bits per heavy atom. The molecular formula is C24H15ClF2O5. The molecule has 0 spiro atoms. The molecule has 2 aliphatic heterocycles. The van der Waals surface area contributed by atoms with Crippen LogP contribution in [0.2, 0.25) is 5.02 Å². The lowest BCUT2D eigenvalue weighted by Crippen LogP contribution is -2.12. The van der Waals surface area contributed by atoms with Crippen LogP contribution in [0.1, 0.15) is 27.0 Å². The van der Waals surface area contributed by atoms with Gasteiger partial charge in [-0.1, -0.05) is 17.7 Å². The molecule has 2 aliphatic rings. The molecule has 32 heavy (non-hydrogen) atoms. The molecule has 3 aromatic carbocycles. The van der Waals surface area contributed by atoms with Crippen LogP contribution in [0.15, 0.2) is 54.3 Å². The lowest BCUT2D eigenvalue weighted by Gasteiger charge is -2.20. The molecular weight excluding hydrogens is 442 g/mol. The standard InChI is InChI=1S/C24H15ClF2O5/c25-15-6-13(24-14(7-15)10-29-12-31-24)8-22-23(28)17-5-4-16(9-21(17)32-22)30-11-18-19(26)2-1-3-20(18)27/h1-9H,10-12H2/b22-8-. The number of Topliss-reactive ketones (excluding diaryl/α,β-unsaturated/α-hetero) is 1. The summed E-state index contributed by atoms with van der Waals surface area (Å²) in [6.45, 7) is 0.148. The van der Waals surface area contributed by atoms with Gasteiger partial charge in [0.1, 0.15) is 35.5 Å². The second-order valence-corrected chi connectivity index (χ2v) is 7.62. The summed E-state index contributed by atoms with van der Waals surface area (Å²) in [6.07, 6.45) is 1.56. The molecule has 0 atom stereocenters. The number of ketones is 1. The van der Waals surface area contributed by atoms with Gasteiger partial charge in [-0.25, -0.2) is 8.78 Å². The molecule has 8 heteroatoms. The van der Waals surface area contributed by atoms with Crippen LogP contribution < -0.4 is 14.2 Å². The monoisotopic (exact) mass is 456 g/mol. The molecule has 2 heterocycles. The topological polar surface area (TPSA) is 54.0 Å². The van der Waals surface area contributed by atoms with Crippen molar-refractivity contribution in [3.8, 4) is 17.2 Å². The van der Waals surface area contributed by atoms with E-state index in [1.54, 1.807) is 30.3 Å². The number of carbonyl (C=O) groups excluding carboxylic acids is 1. The number of fused-ring (bicyclic) bond motifs is 2. The number of ether oxygens (including phenoxy) is 4. The summed E-state index contributed by atoms with van der Waals surface area (Å²) in [5, 5.41) is 0.476. The first-order valence-electron chi connectivity index (χ1n) is 9.66. The Morgan fingerprint density at radius 3 is 2.72 bits per heavy atom. The minimum absolute atomic E-state index is 0.0943. The van der Waals surface area contributed by atoms with Gasteiger partial charge >= 0.3 is 0 Å². The summed E-state index contributed by atoms with van der Waals surface area (Å²) in [5.41, 5.74) is 1.54. The van der Waals surface area contributed by atoms with Gasteiger partial charge in [0.15, 0.2) is 12.6 Å². The zero-order valence-electron chi connectivity index (χ0n) is 16.5. The maximum absolute atomic E-state index is 13.8. The van der Waals surface area contributed by atoms with Gasteiger partial charge in [0.25, 0.3) is 0 Å². The van der Waals surface area contributed by atoms with Crippen LogP contribution in [0.3, 0.4) is 0 Å². The lowest BCUT2D eigenvalue weighted by molar-refractivity contribution is -0.0165. The molecule has 5 nitrogen and oxygen atoms in total. The van der Waals surface area contributed by atoms with E-state index in [0.29, 0.717) is 34.3 Å². The summed E-state index contributed by atoms with van der Waals surface area (Å²) >= 11 is 6.19. The largest absolute Gasteiger partial charge is 0.489 e. The van der Waals surface area contributed by atoms with E-state index in [4.69, 9.17) is 30.5 Å². The van der Waals surface area contributed by atoms with Crippen molar-refractivity contribution < 1.29 is 32.5 Å². The Kier molecular flexibility index (Phi) is 5.28. The first-order chi connectivity index (χ1) is 15.5. The summed E-state index contributed by atoms with van der Waals surface area (Å²) in [4.78, 5) is 12.8. The van der Waals surface area contributed by atoms with Crippen LogP contribution in [-0.2, 0) is 18.0 Å². The molecule has 0 amide bonds. The Bertz CT molecular complexity index is 1250. The highest BCUT2D eigenvalue weighted by molar-refractivity contribution is 6.31. The average molecular weight is 457 g/mol. The zero-order chi connectivity index (χ0) is 22.2. The Morgan fingerprint density at radius 1 is 1.09 bits per heavy atom. The maximum atomic E-state index is 13.8. The van der Waals surface area contributed by atoms with Crippen molar-refractivity contribution in [1.82, 2.24) is 0 Å². The predicted octanol–water partition coefficient (Wildman–Crippen LogP) is 5.68. The number of rotatable bonds is 4. The number of halogens is 3. The normalized spacial score (nSPS) is 15.7. The highest BCUT2D eigenvalue weighted by atomic mass is 35.5. The van der Waals surface area contributed by atoms with Crippen molar-refractivity contribution in [2.24, 2.45) is 0 Å². The quantitative estimate of drug-likeness (QED) is 0.473. The third kappa shape index (κ3) is 3.81. The molecule has 0 fully saturated rings. The van der Waals surface area contributed by atoms with Gasteiger partial charge in [0.2, 0.25) is 5.78 Å². The van der Waals surface area contributed by atoms with E-state index in [0.717, 1.165) is 17.7 Å². The van der Waals surface area contributed by atoms with Crippen LogP contribution in [-0.4, -0.2) is 12.6 Å². The van der Waals surface area contributed by atoms with Crippen molar-refractivity contribution in [3.05, 3.63) is 93.2 Å². The summed E-state index contributed by atoms with van der Waals surface area (Å²) in [7, 11) is 0. The fourth-order valence-corrected chi connectivity index (χ4v) is 3.79. The van der Waals surface area contributed by atoms with Crippen LogP contribution >= 0.6 is 11.6 Å². The Labute approximate surface area is 186 Å². The van der Waals surface area contributed by atoms with Crippen molar-refractivity contribution in [2.75, 3.05) is 6.79 Å². The molecule has 0 saturated carbocycles. The number of allylic oxidation sites excluding steroid dienone is 1. The van der Waals surface area contributed by atoms with E-state index >= 15 is 0 Å². The van der Waals surface area contributed by atoms with Gasteiger partial charge in [-0.05, 0) is 42.5 Å². The Balaban J connectivity index is 1.39. The highest BCUT2D eigenvalue weighted by Gasteiger charge is 2.29. The number of carbonyl (C=O) groups is 1. The van der Waals surface area contributed by atoms with Crippen LogP contribution in [0.25, 0.3) is 6.08 Å². The van der Waals surface area contributed by atoms with Crippen molar-refractivity contribution in [3.63, 3.8) is 0 Å². The van der Waals surface area contributed by atoms with E-state index in [2.05, 4.69) is 0 Å². The van der Waals surface area contributed by atoms with E-state index in [9.17, 15) is 13.6 Å². The molecule has 3 aromatic rings. The minimum atomic E-state index is -0.694. The van der Waals surface area contributed by atoms with Crippen molar-refractivity contribution >= 4 is 23.5 Å². The number of benzene rings is 3. The van der Waals surface area contributed by atoms with E-state index < -0.39 is 11.6 Å². The smallest absolute Gasteiger partial charge is 0.231 e. The van der Waals surface area contributed by atoms with Crippen molar-refractivity contribution in [2.45, 2.75) is 13.2 Å². The van der Waals surface area contributed by atoms with E-state index in [1.165, 1.54) is 12.1 Å². The van der Waals surface area contributed by atoms with Crippen LogP contribution in [0.5, 0.6) is 17.2 Å². The fraction of sp³-hybridized carbons (Fsp3) is 0.125. The number of hydrogen-bond donors (Lipinski definition) is 0. The van der Waals surface area contributed by atoms with E-state index in [1.807, 2.05) is 0 Å². The van der Waals surface area contributed by atoms with Gasteiger partial charge in [-0.15, -0.1) is 0 Å². The maximum Gasteiger partial charge on any atom is 0.231 e. The first-order valence-corrected chi connectivity index (χ1v) is 10.0. The molecule has 0 unspecified atom stereocenters. The van der Waals surface area contributed by atoms with Crippen molar-refractivity contribution in [1.29, 1.82) is 0 Å². The second-order valence-electron chi connectivity index (χ2n) is 7.18. The van der Waals surface area contributed by atoms with E-state index in [-0.39, 0.29) is 36.3 Å². The third-order valence-corrected chi connectivity index (χ3v) is 5.29. The summed E-state index contributed by atoms with van der Waals surface area (Å²) < 4.78 is 49.7. The first kappa shape index (κ1) is 20.5. The lowest BCUT2D eigenvalue weighted by atomic mass is 10.1. The van der Waals surface area contributed by atoms with Gasteiger partial charge in [-0.3, -0.25) is 4.79 Å². The molecule has 0 aliphatic carbocycles. The highest BCUT2D eigenvalue weighted by Crippen LogP contribution is 2.38. The van der Waals surface area contributed by atoms with Gasteiger partial charge in [-0.2, -0.15) is 0 Å². The Hall–Kier alpha value is -3.42. The summed E-state index contributed by atoms with van der Waals surface area (Å²) in [5.74, 6) is -0.435. The molecule has 0 bridgehead atoms. The van der Waals surface area contributed by atoms with Gasteiger partial charge < -0.3 is 18.9 Å². The predicted molar refractivity (Wildman–Crippen MR) is 112 cm³/mol. The molecule has 162 valence electrons. The molecule has 0 aromatic heterocycles. The zero-order valence-corrected chi connectivity index (χ0v) is 17.2. The van der Waals surface area contributed by atoms with Crippen LogP contribution in [0, 0.1) is 11.6 Å². The third-order valence-electron chi connectivity index (χ3n) is 5.08. The summed E-state index contributed by atoms with van der Waals surface area (Å²) in [6, 6.07) is 11.6. The fourth-order valence-electron chi connectivity index (χ4n) is 3.54. The van der Waals surface area contributed by atoms with Gasteiger partial charge in [0.05, 0.1) is 17.7 Å². The molecule has 0 radical (unpaired) electrons. The molecule has 0 N–H and O–H groups in total. The van der Waals surface area contributed by atoms with Crippen LogP contribution in [0.4, 0.5) is 8.78 Å². The number of hydrogen-bond acceptors (Lipinski definition) is 5. The minimum Gasteiger partial charge on any atom is -0.489 e. The van der Waals surface area contributed by atoms with Gasteiger partial charge in [0, 0.05) is 22.2 Å². The average Bonchev–Trinajstić information content (AvgIpc) is 3.08. The molecule has 5 rings (SSSR count). The SMILES string of the molecule is O=C1/C(=C/c2cc(Cl)cc3c2OCOC3)Oc2cc(OCc3c(F)cccc3F)ccc21. The molecule has 0 saturated heterocycles.